The van der Waals surface area contributed by atoms with E-state index in [0.29, 0.717) is 0 Å². The third-order valence-electron chi connectivity index (χ3n) is 8.81. The highest BCUT2D eigenvalue weighted by atomic mass is 16.3. The molecule has 0 amide bonds. The van der Waals surface area contributed by atoms with Crippen molar-refractivity contribution >= 4 is 71.3 Å². The molecule has 0 spiro atoms. The predicted octanol–water partition coefficient (Wildman–Crippen LogP) is 12.2. The molecule has 2 nitrogen and oxygen atoms in total. The molecule has 0 N–H and O–H groups in total. The van der Waals surface area contributed by atoms with E-state index in [4.69, 9.17) is 4.42 Å². The smallest absolute Gasteiger partial charge is 0.143 e. The number of nitrogens with zero attached hydrogens (tertiary/aromatic N) is 1. The first-order valence-electron chi connectivity index (χ1n) is 15.0. The Labute approximate surface area is 255 Å². The average molecular weight is 562 g/mol. The van der Waals surface area contributed by atoms with Crippen molar-refractivity contribution in [1.82, 2.24) is 0 Å². The molecule has 0 unspecified atom stereocenters. The van der Waals surface area contributed by atoms with Gasteiger partial charge in [0.05, 0.1) is 0 Å². The van der Waals surface area contributed by atoms with Crippen molar-refractivity contribution in [3.63, 3.8) is 0 Å². The highest BCUT2D eigenvalue weighted by Crippen LogP contribution is 2.41. The molecular weight excluding hydrogens is 534 g/mol. The fraction of sp³-hybridized carbons (Fsp3) is 0. The first-order valence-corrected chi connectivity index (χ1v) is 15.0. The van der Waals surface area contributed by atoms with Gasteiger partial charge in [-0.15, -0.1) is 0 Å². The summed E-state index contributed by atoms with van der Waals surface area (Å²) in [5.41, 5.74) is 7.63. The molecule has 0 bridgehead atoms. The van der Waals surface area contributed by atoms with E-state index in [2.05, 4.69) is 163 Å². The molecule has 44 heavy (non-hydrogen) atoms. The third-order valence-corrected chi connectivity index (χ3v) is 8.81. The number of benzene rings is 8. The Morgan fingerprint density at radius 3 is 1.82 bits per heavy atom. The van der Waals surface area contributed by atoms with Gasteiger partial charge in [0.1, 0.15) is 11.2 Å². The van der Waals surface area contributed by atoms with Crippen LogP contribution in [0.5, 0.6) is 0 Å². The second-order valence-corrected chi connectivity index (χ2v) is 11.4. The number of hydrogen-bond donors (Lipinski definition) is 0. The molecule has 0 aliphatic heterocycles. The molecule has 1 heterocycles. The van der Waals surface area contributed by atoms with Crippen molar-refractivity contribution < 1.29 is 4.42 Å². The van der Waals surface area contributed by atoms with Crippen molar-refractivity contribution in [3.05, 3.63) is 164 Å². The van der Waals surface area contributed by atoms with Gasteiger partial charge in [0.25, 0.3) is 0 Å². The minimum absolute atomic E-state index is 0.921. The summed E-state index contributed by atoms with van der Waals surface area (Å²) in [6, 6.07) is 58.6. The molecule has 0 fully saturated rings. The molecule has 0 atom stereocenters. The zero-order valence-electron chi connectivity index (χ0n) is 23.9. The number of hydrogen-bond acceptors (Lipinski definition) is 2. The van der Waals surface area contributed by atoms with Crippen LogP contribution in [0.4, 0.5) is 17.1 Å². The van der Waals surface area contributed by atoms with Crippen molar-refractivity contribution in [2.45, 2.75) is 0 Å². The maximum atomic E-state index is 6.47. The summed E-state index contributed by atoms with van der Waals surface area (Å²) >= 11 is 0. The number of para-hydroxylation sites is 1. The Morgan fingerprint density at radius 1 is 0.364 bits per heavy atom. The van der Waals surface area contributed by atoms with E-state index in [0.717, 1.165) is 44.4 Å². The van der Waals surface area contributed by atoms with Crippen LogP contribution in [0, 0.1) is 0 Å². The first kappa shape index (κ1) is 24.7. The Balaban J connectivity index is 1.24. The lowest BCUT2D eigenvalue weighted by Gasteiger charge is -2.26. The van der Waals surface area contributed by atoms with E-state index in [1.165, 1.54) is 38.1 Å². The van der Waals surface area contributed by atoms with Crippen LogP contribution in [0.3, 0.4) is 0 Å². The third kappa shape index (κ3) is 3.96. The quantitative estimate of drug-likeness (QED) is 0.199. The summed E-state index contributed by atoms with van der Waals surface area (Å²) in [5, 5.41) is 9.46. The molecular formula is C42H27NO. The van der Waals surface area contributed by atoms with Crippen LogP contribution in [0.1, 0.15) is 0 Å². The van der Waals surface area contributed by atoms with Crippen LogP contribution < -0.4 is 4.90 Å². The molecule has 206 valence electrons. The monoisotopic (exact) mass is 561 g/mol. The van der Waals surface area contributed by atoms with Crippen LogP contribution >= 0.6 is 0 Å². The summed E-state index contributed by atoms with van der Waals surface area (Å²) in [6.45, 7) is 0. The molecule has 0 aliphatic rings. The van der Waals surface area contributed by atoms with Crippen molar-refractivity contribution in [2.24, 2.45) is 0 Å². The topological polar surface area (TPSA) is 16.4 Å². The lowest BCUT2D eigenvalue weighted by molar-refractivity contribution is 0.673. The van der Waals surface area contributed by atoms with Gasteiger partial charge >= 0.3 is 0 Å². The highest BCUT2D eigenvalue weighted by molar-refractivity contribution is 6.23. The van der Waals surface area contributed by atoms with E-state index < -0.39 is 0 Å². The van der Waals surface area contributed by atoms with Gasteiger partial charge in [0.15, 0.2) is 0 Å². The molecule has 8 aromatic carbocycles. The van der Waals surface area contributed by atoms with E-state index in [9.17, 15) is 0 Å². The second-order valence-electron chi connectivity index (χ2n) is 11.4. The van der Waals surface area contributed by atoms with Crippen LogP contribution in [0.25, 0.3) is 65.4 Å². The molecule has 0 saturated carbocycles. The summed E-state index contributed by atoms with van der Waals surface area (Å²) < 4.78 is 6.47. The maximum absolute atomic E-state index is 6.47. The Bertz CT molecular complexity index is 2490. The molecule has 9 aromatic rings. The highest BCUT2D eigenvalue weighted by Gasteiger charge is 2.17. The van der Waals surface area contributed by atoms with Gasteiger partial charge in [-0.1, -0.05) is 115 Å². The number of rotatable bonds is 4. The first-order chi connectivity index (χ1) is 21.8. The average Bonchev–Trinajstić information content (AvgIpc) is 3.48. The predicted molar refractivity (Wildman–Crippen MR) is 186 cm³/mol. The molecule has 0 aliphatic carbocycles. The van der Waals surface area contributed by atoms with Gasteiger partial charge < -0.3 is 9.32 Å². The molecule has 0 radical (unpaired) electrons. The largest absolute Gasteiger partial charge is 0.455 e. The summed E-state index contributed by atoms with van der Waals surface area (Å²) in [7, 11) is 0. The standard InChI is InChI=1S/C42H27NO/c1-2-8-28(9-3-1)30-16-20-34(21-17-30)43(35-22-18-29-10-4-5-11-32(29)26-35)36-23-25-37-33(27-36)15-14-31-19-24-39-38-12-6-7-13-40(38)44-42(39)41(31)37/h1-27H. The van der Waals surface area contributed by atoms with Gasteiger partial charge in [-0.3, -0.25) is 0 Å². The molecule has 2 heteroatoms. The van der Waals surface area contributed by atoms with E-state index in [-0.39, 0.29) is 0 Å². The lowest BCUT2D eigenvalue weighted by Crippen LogP contribution is -2.10. The minimum Gasteiger partial charge on any atom is -0.455 e. The molecule has 1 aromatic heterocycles. The fourth-order valence-corrected chi connectivity index (χ4v) is 6.65. The fourth-order valence-electron chi connectivity index (χ4n) is 6.65. The van der Waals surface area contributed by atoms with E-state index in [1.807, 2.05) is 6.07 Å². The van der Waals surface area contributed by atoms with E-state index in [1.54, 1.807) is 0 Å². The summed E-state index contributed by atoms with van der Waals surface area (Å²) in [4.78, 5) is 2.35. The van der Waals surface area contributed by atoms with Crippen LogP contribution in [-0.4, -0.2) is 0 Å². The van der Waals surface area contributed by atoms with Crippen molar-refractivity contribution in [2.75, 3.05) is 4.90 Å². The molecule has 0 saturated heterocycles. The summed E-state index contributed by atoms with van der Waals surface area (Å²) in [5.74, 6) is 0. The Morgan fingerprint density at radius 2 is 0.955 bits per heavy atom. The summed E-state index contributed by atoms with van der Waals surface area (Å²) in [6.07, 6.45) is 0. The zero-order valence-corrected chi connectivity index (χ0v) is 23.9. The van der Waals surface area contributed by atoms with E-state index >= 15 is 0 Å². The maximum Gasteiger partial charge on any atom is 0.143 e. The van der Waals surface area contributed by atoms with Gasteiger partial charge in [0.2, 0.25) is 0 Å². The Hall–Kier alpha value is -5.86. The Kier molecular flexibility index (Phi) is 5.54. The van der Waals surface area contributed by atoms with Crippen LogP contribution in [-0.2, 0) is 0 Å². The van der Waals surface area contributed by atoms with Crippen LogP contribution in [0.2, 0.25) is 0 Å². The normalized spacial score (nSPS) is 11.6. The minimum atomic E-state index is 0.921. The number of fused-ring (bicyclic) bond motifs is 8. The number of furan rings is 1. The second kappa shape index (κ2) is 9.86. The lowest BCUT2D eigenvalue weighted by atomic mass is 9.98. The SMILES string of the molecule is c1ccc(-c2ccc(N(c3ccc4ccccc4c3)c3ccc4c(ccc5ccc6c7ccccc7oc6c54)c3)cc2)cc1. The van der Waals surface area contributed by atoms with Crippen LogP contribution in [0.15, 0.2) is 168 Å². The van der Waals surface area contributed by atoms with Gasteiger partial charge in [-0.05, 0) is 86.6 Å². The molecule has 9 rings (SSSR count). The van der Waals surface area contributed by atoms with Gasteiger partial charge in [-0.25, -0.2) is 0 Å². The van der Waals surface area contributed by atoms with Crippen molar-refractivity contribution in [1.29, 1.82) is 0 Å². The van der Waals surface area contributed by atoms with Gasteiger partial charge in [-0.2, -0.15) is 0 Å². The number of anilines is 3. The van der Waals surface area contributed by atoms with Crippen molar-refractivity contribution in [3.8, 4) is 11.1 Å². The zero-order chi connectivity index (χ0) is 29.0. The van der Waals surface area contributed by atoms with Gasteiger partial charge in [0, 0.05) is 33.2 Å².